The van der Waals surface area contributed by atoms with Crippen LogP contribution in [-0.2, 0) is 0 Å². The third-order valence-electron chi connectivity index (χ3n) is 5.26. The van der Waals surface area contributed by atoms with Gasteiger partial charge in [0, 0.05) is 37.2 Å². The van der Waals surface area contributed by atoms with Gasteiger partial charge >= 0.3 is 0 Å². The fourth-order valence-corrected chi connectivity index (χ4v) is 3.69. The lowest BCUT2D eigenvalue weighted by Gasteiger charge is -2.24. The predicted octanol–water partition coefficient (Wildman–Crippen LogP) is 3.30. The van der Waals surface area contributed by atoms with Gasteiger partial charge in [0.1, 0.15) is 5.69 Å². The molecule has 5 rings (SSSR count). The number of nitrogens with one attached hydrogen (secondary N) is 2. The SMILES string of the molecule is O=C(Nc1nc(N2CCCCC2)n[nH]1)c1cn(-c2ccccc2)nc1-c1cccnc1. The van der Waals surface area contributed by atoms with Gasteiger partial charge in [0.05, 0.1) is 11.3 Å². The topological polar surface area (TPSA) is 105 Å². The van der Waals surface area contributed by atoms with Gasteiger partial charge in [-0.25, -0.2) is 9.78 Å². The molecular formula is C22H22N8O. The summed E-state index contributed by atoms with van der Waals surface area (Å²) in [5.41, 5.74) is 2.59. The monoisotopic (exact) mass is 414 g/mol. The third kappa shape index (κ3) is 4.02. The Morgan fingerprint density at radius 1 is 1.03 bits per heavy atom. The van der Waals surface area contributed by atoms with Gasteiger partial charge < -0.3 is 4.90 Å². The van der Waals surface area contributed by atoms with Gasteiger partial charge in [0.2, 0.25) is 11.9 Å². The number of aromatic amines is 1. The molecule has 1 saturated heterocycles. The molecular weight excluding hydrogens is 392 g/mol. The average Bonchev–Trinajstić information content (AvgIpc) is 3.49. The van der Waals surface area contributed by atoms with Crippen molar-refractivity contribution in [3.8, 4) is 16.9 Å². The molecule has 1 aliphatic heterocycles. The van der Waals surface area contributed by atoms with E-state index in [0.29, 0.717) is 23.2 Å². The minimum absolute atomic E-state index is 0.315. The van der Waals surface area contributed by atoms with Crippen LogP contribution < -0.4 is 10.2 Å². The summed E-state index contributed by atoms with van der Waals surface area (Å²) in [4.78, 5) is 23.9. The molecule has 1 amide bonds. The molecule has 0 saturated carbocycles. The number of aromatic nitrogens is 6. The molecule has 0 aliphatic carbocycles. The number of piperidine rings is 1. The van der Waals surface area contributed by atoms with E-state index in [1.807, 2.05) is 42.5 Å². The molecule has 0 bridgehead atoms. The molecule has 0 unspecified atom stereocenters. The van der Waals surface area contributed by atoms with Gasteiger partial charge in [-0.05, 0) is 43.5 Å². The lowest BCUT2D eigenvalue weighted by molar-refractivity contribution is 0.102. The number of carbonyl (C=O) groups excluding carboxylic acids is 1. The summed E-state index contributed by atoms with van der Waals surface area (Å²) >= 11 is 0. The second kappa shape index (κ2) is 8.39. The van der Waals surface area contributed by atoms with E-state index in [4.69, 9.17) is 0 Å². The van der Waals surface area contributed by atoms with Gasteiger partial charge in [0.15, 0.2) is 0 Å². The Hall–Kier alpha value is -4.01. The first-order valence-corrected chi connectivity index (χ1v) is 10.3. The number of amides is 1. The number of H-pyrrole nitrogens is 1. The van der Waals surface area contributed by atoms with E-state index in [1.54, 1.807) is 23.3 Å². The second-order valence-corrected chi connectivity index (χ2v) is 7.40. The summed E-state index contributed by atoms with van der Waals surface area (Å²) in [6.07, 6.45) is 8.58. The van der Waals surface area contributed by atoms with Crippen LogP contribution in [0.25, 0.3) is 16.9 Å². The number of para-hydroxylation sites is 1. The highest BCUT2D eigenvalue weighted by atomic mass is 16.1. The van der Waals surface area contributed by atoms with E-state index in [1.165, 1.54) is 6.42 Å². The average molecular weight is 414 g/mol. The molecule has 0 spiro atoms. The second-order valence-electron chi connectivity index (χ2n) is 7.40. The van der Waals surface area contributed by atoms with E-state index in [2.05, 4.69) is 35.5 Å². The minimum atomic E-state index is -0.317. The smallest absolute Gasteiger partial charge is 0.261 e. The number of nitrogens with zero attached hydrogens (tertiary/aromatic N) is 6. The molecule has 1 aliphatic rings. The number of carbonyl (C=O) groups is 1. The number of benzene rings is 1. The number of rotatable bonds is 5. The zero-order chi connectivity index (χ0) is 21.0. The fraction of sp³-hybridized carbons (Fsp3) is 0.227. The summed E-state index contributed by atoms with van der Waals surface area (Å²) in [6, 6.07) is 13.4. The van der Waals surface area contributed by atoms with E-state index < -0.39 is 0 Å². The van der Waals surface area contributed by atoms with E-state index in [-0.39, 0.29) is 5.91 Å². The van der Waals surface area contributed by atoms with Crippen molar-refractivity contribution in [1.82, 2.24) is 29.9 Å². The largest absolute Gasteiger partial charge is 0.340 e. The van der Waals surface area contributed by atoms with Crippen molar-refractivity contribution in [2.75, 3.05) is 23.3 Å². The number of anilines is 2. The molecule has 31 heavy (non-hydrogen) atoms. The molecule has 0 atom stereocenters. The summed E-state index contributed by atoms with van der Waals surface area (Å²) < 4.78 is 1.69. The molecule has 3 aromatic heterocycles. The van der Waals surface area contributed by atoms with Crippen molar-refractivity contribution in [2.24, 2.45) is 0 Å². The standard InChI is InChI=1S/C22H22N8O/c31-20(24-21-25-22(27-26-21)29-12-5-2-6-13-29)18-15-30(17-9-3-1-4-10-17)28-19(18)16-8-7-11-23-14-16/h1,3-4,7-11,14-15H,2,5-6,12-13H2,(H2,24,25,26,27,31). The zero-order valence-electron chi connectivity index (χ0n) is 16.9. The molecule has 9 nitrogen and oxygen atoms in total. The van der Waals surface area contributed by atoms with Crippen molar-refractivity contribution in [3.63, 3.8) is 0 Å². The molecule has 9 heteroatoms. The van der Waals surface area contributed by atoms with Crippen LogP contribution in [0.1, 0.15) is 29.6 Å². The van der Waals surface area contributed by atoms with Crippen molar-refractivity contribution in [2.45, 2.75) is 19.3 Å². The van der Waals surface area contributed by atoms with Gasteiger partial charge in [-0.15, -0.1) is 5.10 Å². The van der Waals surface area contributed by atoms with E-state index >= 15 is 0 Å². The summed E-state index contributed by atoms with van der Waals surface area (Å²) in [6.45, 7) is 1.86. The molecule has 4 aromatic rings. The highest BCUT2D eigenvalue weighted by Gasteiger charge is 2.21. The molecule has 2 N–H and O–H groups in total. The molecule has 1 aromatic carbocycles. The van der Waals surface area contributed by atoms with Crippen LogP contribution in [0.4, 0.5) is 11.9 Å². The van der Waals surface area contributed by atoms with Gasteiger partial charge in [-0.1, -0.05) is 18.2 Å². The fourth-order valence-electron chi connectivity index (χ4n) is 3.69. The maximum atomic E-state index is 13.2. The first-order chi connectivity index (χ1) is 15.3. The van der Waals surface area contributed by atoms with Crippen LogP contribution in [0.15, 0.2) is 61.1 Å². The van der Waals surface area contributed by atoms with Gasteiger partial charge in [-0.2, -0.15) is 10.1 Å². The predicted molar refractivity (Wildman–Crippen MR) is 117 cm³/mol. The summed E-state index contributed by atoms with van der Waals surface area (Å²) in [5.74, 6) is 0.611. The van der Waals surface area contributed by atoms with Crippen LogP contribution in [0, 0.1) is 0 Å². The van der Waals surface area contributed by atoms with Crippen LogP contribution in [0.3, 0.4) is 0 Å². The Labute approximate surface area is 179 Å². The van der Waals surface area contributed by atoms with E-state index in [9.17, 15) is 4.79 Å². The molecule has 0 radical (unpaired) electrons. The van der Waals surface area contributed by atoms with Crippen LogP contribution >= 0.6 is 0 Å². The van der Waals surface area contributed by atoms with Crippen LogP contribution in [0.5, 0.6) is 0 Å². The maximum absolute atomic E-state index is 13.2. The highest BCUT2D eigenvalue weighted by molar-refractivity contribution is 6.07. The normalized spacial score (nSPS) is 13.9. The summed E-state index contributed by atoms with van der Waals surface area (Å²) in [7, 11) is 0. The number of pyridine rings is 1. The Bertz CT molecular complexity index is 1160. The lowest BCUT2D eigenvalue weighted by atomic mass is 10.1. The maximum Gasteiger partial charge on any atom is 0.261 e. The Kier molecular flexibility index (Phi) is 5.14. The Balaban J connectivity index is 1.44. The Morgan fingerprint density at radius 2 is 1.87 bits per heavy atom. The van der Waals surface area contributed by atoms with E-state index in [0.717, 1.165) is 37.2 Å². The van der Waals surface area contributed by atoms with Gasteiger partial charge in [-0.3, -0.25) is 15.1 Å². The number of hydrogen-bond donors (Lipinski definition) is 2. The highest BCUT2D eigenvalue weighted by Crippen LogP contribution is 2.24. The third-order valence-corrected chi connectivity index (χ3v) is 5.26. The lowest BCUT2D eigenvalue weighted by Crippen LogP contribution is -2.30. The van der Waals surface area contributed by atoms with Crippen molar-refractivity contribution in [1.29, 1.82) is 0 Å². The molecule has 1 fully saturated rings. The van der Waals surface area contributed by atoms with Crippen LogP contribution in [-0.4, -0.2) is 48.9 Å². The Morgan fingerprint density at radius 3 is 2.65 bits per heavy atom. The van der Waals surface area contributed by atoms with Crippen LogP contribution in [0.2, 0.25) is 0 Å². The van der Waals surface area contributed by atoms with Crippen molar-refractivity contribution >= 4 is 17.8 Å². The quantitative estimate of drug-likeness (QED) is 0.519. The van der Waals surface area contributed by atoms with Gasteiger partial charge in [0.25, 0.3) is 5.91 Å². The van der Waals surface area contributed by atoms with Crippen molar-refractivity contribution in [3.05, 3.63) is 66.6 Å². The number of hydrogen-bond acceptors (Lipinski definition) is 6. The zero-order valence-corrected chi connectivity index (χ0v) is 16.9. The minimum Gasteiger partial charge on any atom is -0.340 e. The first-order valence-electron chi connectivity index (χ1n) is 10.3. The molecule has 156 valence electrons. The molecule has 4 heterocycles. The summed E-state index contributed by atoms with van der Waals surface area (Å²) in [5, 5.41) is 14.6. The van der Waals surface area contributed by atoms with Crippen molar-refractivity contribution < 1.29 is 4.79 Å². The first kappa shape index (κ1) is 19.0.